The molecule has 66 valence electrons. The third-order valence-corrected chi connectivity index (χ3v) is 1.30. The van der Waals surface area contributed by atoms with E-state index in [0.29, 0.717) is 13.2 Å². The Kier molecular flexibility index (Phi) is 5.78. The summed E-state index contributed by atoms with van der Waals surface area (Å²) in [4.78, 5) is 10.8. The Morgan fingerprint density at radius 1 is 1.64 bits per heavy atom. The van der Waals surface area contributed by atoms with Crippen molar-refractivity contribution in [2.45, 2.75) is 19.4 Å². The molecule has 0 aromatic heterocycles. The molecule has 4 heteroatoms. The molecule has 0 saturated heterocycles. The standard InChI is InChI=1S/C7H15NO3/c1-3-11-7(9)4-6(5-8)10-2/h6H,3-5,8H2,1-2H3. The Morgan fingerprint density at radius 3 is 2.64 bits per heavy atom. The summed E-state index contributed by atoms with van der Waals surface area (Å²) in [5.74, 6) is -0.259. The van der Waals surface area contributed by atoms with Gasteiger partial charge in [-0.05, 0) is 6.92 Å². The number of esters is 1. The van der Waals surface area contributed by atoms with Crippen LogP contribution in [0, 0.1) is 0 Å². The maximum Gasteiger partial charge on any atom is 0.308 e. The second-order valence-corrected chi connectivity index (χ2v) is 2.10. The summed E-state index contributed by atoms with van der Waals surface area (Å²) in [6.07, 6.45) is 0.0231. The first kappa shape index (κ1) is 10.4. The maximum absolute atomic E-state index is 10.8. The van der Waals surface area contributed by atoms with Crippen molar-refractivity contribution in [1.29, 1.82) is 0 Å². The summed E-state index contributed by atoms with van der Waals surface area (Å²) in [5, 5.41) is 0. The van der Waals surface area contributed by atoms with E-state index in [1.165, 1.54) is 7.11 Å². The summed E-state index contributed by atoms with van der Waals surface area (Å²) in [5.41, 5.74) is 5.29. The second-order valence-electron chi connectivity index (χ2n) is 2.10. The summed E-state index contributed by atoms with van der Waals surface area (Å²) >= 11 is 0. The molecule has 2 N–H and O–H groups in total. The average Bonchev–Trinajstić information content (AvgIpc) is 2.01. The summed E-state index contributed by atoms with van der Waals surface area (Å²) in [6.45, 7) is 2.51. The van der Waals surface area contributed by atoms with Crippen molar-refractivity contribution in [2.75, 3.05) is 20.3 Å². The van der Waals surface area contributed by atoms with Crippen LogP contribution >= 0.6 is 0 Å². The molecule has 0 aliphatic rings. The van der Waals surface area contributed by atoms with Gasteiger partial charge in [-0.3, -0.25) is 4.79 Å². The fraction of sp³-hybridized carbons (Fsp3) is 0.857. The molecule has 0 fully saturated rings. The Bertz CT molecular complexity index is 112. The number of carbonyl (C=O) groups is 1. The first-order chi connectivity index (χ1) is 5.24. The summed E-state index contributed by atoms with van der Waals surface area (Å²) in [7, 11) is 1.52. The van der Waals surface area contributed by atoms with Gasteiger partial charge >= 0.3 is 5.97 Å². The van der Waals surface area contributed by atoms with E-state index in [1.807, 2.05) is 0 Å². The highest BCUT2D eigenvalue weighted by Crippen LogP contribution is 1.96. The van der Waals surface area contributed by atoms with Gasteiger partial charge in [0.15, 0.2) is 0 Å². The molecule has 11 heavy (non-hydrogen) atoms. The molecule has 1 atom stereocenters. The number of methoxy groups -OCH3 is 1. The van der Waals surface area contributed by atoms with Crippen molar-refractivity contribution in [3.8, 4) is 0 Å². The van der Waals surface area contributed by atoms with E-state index in [2.05, 4.69) is 0 Å². The molecule has 0 aromatic rings. The first-order valence-corrected chi connectivity index (χ1v) is 3.63. The van der Waals surface area contributed by atoms with Gasteiger partial charge in [0.2, 0.25) is 0 Å². The monoisotopic (exact) mass is 161 g/mol. The second kappa shape index (κ2) is 6.12. The zero-order valence-electron chi connectivity index (χ0n) is 7.00. The lowest BCUT2D eigenvalue weighted by Crippen LogP contribution is -2.26. The van der Waals surface area contributed by atoms with E-state index in [4.69, 9.17) is 15.2 Å². The van der Waals surface area contributed by atoms with Crippen LogP contribution in [0.25, 0.3) is 0 Å². The van der Waals surface area contributed by atoms with Crippen LogP contribution in [0.1, 0.15) is 13.3 Å². The highest BCUT2D eigenvalue weighted by atomic mass is 16.5. The molecule has 0 saturated carbocycles. The molecule has 0 bridgehead atoms. The van der Waals surface area contributed by atoms with Crippen molar-refractivity contribution in [1.82, 2.24) is 0 Å². The topological polar surface area (TPSA) is 61.5 Å². The van der Waals surface area contributed by atoms with E-state index < -0.39 is 0 Å². The van der Waals surface area contributed by atoms with E-state index in [1.54, 1.807) is 6.92 Å². The Morgan fingerprint density at radius 2 is 2.27 bits per heavy atom. The van der Waals surface area contributed by atoms with Crippen LogP contribution in [0.3, 0.4) is 0 Å². The van der Waals surface area contributed by atoms with Gasteiger partial charge in [-0.15, -0.1) is 0 Å². The third-order valence-electron chi connectivity index (χ3n) is 1.30. The minimum atomic E-state index is -0.259. The molecule has 4 nitrogen and oxygen atoms in total. The smallest absolute Gasteiger partial charge is 0.308 e. The number of hydrogen-bond acceptors (Lipinski definition) is 4. The van der Waals surface area contributed by atoms with Crippen LogP contribution in [0.4, 0.5) is 0 Å². The number of ether oxygens (including phenoxy) is 2. The predicted octanol–water partition coefficient (Wildman–Crippen LogP) is -0.0867. The SMILES string of the molecule is CCOC(=O)CC(CN)OC. The number of hydrogen-bond donors (Lipinski definition) is 1. The Hall–Kier alpha value is -0.610. The minimum Gasteiger partial charge on any atom is -0.466 e. The first-order valence-electron chi connectivity index (χ1n) is 3.63. The predicted molar refractivity (Wildman–Crippen MR) is 41.1 cm³/mol. The third kappa shape index (κ3) is 4.75. The van der Waals surface area contributed by atoms with Crippen LogP contribution in [-0.2, 0) is 14.3 Å². The molecule has 0 aromatic carbocycles. The molecule has 0 spiro atoms. The molecule has 0 radical (unpaired) electrons. The highest BCUT2D eigenvalue weighted by Gasteiger charge is 2.11. The van der Waals surface area contributed by atoms with Gasteiger partial charge in [0.25, 0.3) is 0 Å². The number of rotatable bonds is 5. The van der Waals surface area contributed by atoms with Crippen molar-refractivity contribution in [2.24, 2.45) is 5.73 Å². The zero-order chi connectivity index (χ0) is 8.69. The fourth-order valence-electron chi connectivity index (χ4n) is 0.669. The number of carbonyl (C=O) groups excluding carboxylic acids is 1. The number of nitrogens with two attached hydrogens (primary N) is 1. The van der Waals surface area contributed by atoms with E-state index >= 15 is 0 Å². The van der Waals surface area contributed by atoms with Crippen molar-refractivity contribution >= 4 is 5.97 Å². The van der Waals surface area contributed by atoms with Crippen LogP contribution in [0.15, 0.2) is 0 Å². The van der Waals surface area contributed by atoms with Gasteiger partial charge in [0.1, 0.15) is 0 Å². The Balaban J connectivity index is 3.54. The molecular weight excluding hydrogens is 146 g/mol. The van der Waals surface area contributed by atoms with Crippen molar-refractivity contribution < 1.29 is 14.3 Å². The lowest BCUT2D eigenvalue weighted by Gasteiger charge is -2.10. The average molecular weight is 161 g/mol. The fourth-order valence-corrected chi connectivity index (χ4v) is 0.669. The molecule has 0 rings (SSSR count). The van der Waals surface area contributed by atoms with Crippen LogP contribution in [-0.4, -0.2) is 32.3 Å². The molecule has 0 aliphatic carbocycles. The van der Waals surface area contributed by atoms with Crippen LogP contribution < -0.4 is 5.73 Å². The van der Waals surface area contributed by atoms with Gasteiger partial charge < -0.3 is 15.2 Å². The van der Waals surface area contributed by atoms with Gasteiger partial charge in [-0.25, -0.2) is 0 Å². The van der Waals surface area contributed by atoms with Gasteiger partial charge in [0.05, 0.1) is 19.1 Å². The summed E-state index contributed by atoms with van der Waals surface area (Å²) in [6, 6.07) is 0. The summed E-state index contributed by atoms with van der Waals surface area (Å²) < 4.78 is 9.59. The lowest BCUT2D eigenvalue weighted by atomic mass is 10.2. The van der Waals surface area contributed by atoms with Gasteiger partial charge in [-0.1, -0.05) is 0 Å². The van der Waals surface area contributed by atoms with E-state index in [9.17, 15) is 4.79 Å². The van der Waals surface area contributed by atoms with Crippen LogP contribution in [0.2, 0.25) is 0 Å². The van der Waals surface area contributed by atoms with Crippen molar-refractivity contribution in [3.05, 3.63) is 0 Å². The van der Waals surface area contributed by atoms with Gasteiger partial charge in [-0.2, -0.15) is 0 Å². The Labute approximate surface area is 66.7 Å². The largest absolute Gasteiger partial charge is 0.466 e. The lowest BCUT2D eigenvalue weighted by molar-refractivity contribution is -0.145. The molecular formula is C7H15NO3. The normalized spacial score (nSPS) is 12.6. The minimum absolute atomic E-state index is 0.214. The van der Waals surface area contributed by atoms with Crippen molar-refractivity contribution in [3.63, 3.8) is 0 Å². The zero-order valence-corrected chi connectivity index (χ0v) is 7.00. The van der Waals surface area contributed by atoms with E-state index in [-0.39, 0.29) is 18.5 Å². The molecule has 0 heterocycles. The molecule has 1 unspecified atom stereocenters. The molecule has 0 aliphatic heterocycles. The van der Waals surface area contributed by atoms with Gasteiger partial charge in [0, 0.05) is 13.7 Å². The molecule has 0 amide bonds. The maximum atomic E-state index is 10.8. The highest BCUT2D eigenvalue weighted by molar-refractivity contribution is 5.69. The quantitative estimate of drug-likeness (QED) is 0.572. The van der Waals surface area contributed by atoms with Crippen LogP contribution in [0.5, 0.6) is 0 Å². The van der Waals surface area contributed by atoms with E-state index in [0.717, 1.165) is 0 Å².